The van der Waals surface area contributed by atoms with E-state index in [2.05, 4.69) is 4.98 Å². The molecule has 0 aliphatic rings. The molecule has 0 saturated heterocycles. The smallest absolute Gasteiger partial charge is 0.327 e. The van der Waals surface area contributed by atoms with Gasteiger partial charge in [0.25, 0.3) is 0 Å². The molecule has 0 spiro atoms. The van der Waals surface area contributed by atoms with Gasteiger partial charge in [-0.25, -0.2) is 4.79 Å². The summed E-state index contributed by atoms with van der Waals surface area (Å²) in [7, 11) is 0. The van der Waals surface area contributed by atoms with Gasteiger partial charge in [-0.3, -0.25) is 4.98 Å². The van der Waals surface area contributed by atoms with Gasteiger partial charge in [0.05, 0.1) is 12.1 Å². The highest BCUT2D eigenvalue weighted by Gasteiger charge is 2.17. The van der Waals surface area contributed by atoms with Gasteiger partial charge in [0.1, 0.15) is 6.04 Å². The zero-order chi connectivity index (χ0) is 12.3. The predicted molar refractivity (Wildman–Crippen MR) is 65.3 cm³/mol. The number of carbonyl (C=O) groups is 1. The Kier molecular flexibility index (Phi) is 3.35. The molecule has 0 saturated carbocycles. The fourth-order valence-electron chi connectivity index (χ4n) is 1.63. The summed E-state index contributed by atoms with van der Waals surface area (Å²) in [5.41, 5.74) is 7.35. The lowest BCUT2D eigenvalue weighted by Crippen LogP contribution is -2.23. The third kappa shape index (κ3) is 2.42. The number of benzene rings is 1. The molecular weight excluding hydrogens is 216 g/mol. The minimum Gasteiger partial charge on any atom is -0.465 e. The predicted octanol–water partition coefficient (Wildman–Crippen LogP) is 1.80. The first kappa shape index (κ1) is 11.5. The van der Waals surface area contributed by atoms with Crippen LogP contribution in [0.4, 0.5) is 0 Å². The van der Waals surface area contributed by atoms with Crippen LogP contribution in [0.3, 0.4) is 0 Å². The standard InChI is InChI=1S/C13H14N2O2/c1-2-17-13(16)12(14)10-7-9-5-3-4-6-11(9)15-8-10/h3-8,12H,2,14H2,1H3. The summed E-state index contributed by atoms with van der Waals surface area (Å²) in [5.74, 6) is -0.426. The van der Waals surface area contributed by atoms with E-state index in [4.69, 9.17) is 10.5 Å². The highest BCUT2D eigenvalue weighted by atomic mass is 16.5. The van der Waals surface area contributed by atoms with E-state index >= 15 is 0 Å². The van der Waals surface area contributed by atoms with Crippen LogP contribution in [0.1, 0.15) is 18.5 Å². The molecule has 4 heteroatoms. The van der Waals surface area contributed by atoms with E-state index < -0.39 is 12.0 Å². The molecule has 0 amide bonds. The number of esters is 1. The zero-order valence-electron chi connectivity index (χ0n) is 9.59. The number of nitrogens with two attached hydrogens (primary N) is 1. The third-order valence-corrected chi connectivity index (χ3v) is 2.51. The Bertz CT molecular complexity index is 540. The van der Waals surface area contributed by atoms with Crippen molar-refractivity contribution >= 4 is 16.9 Å². The second kappa shape index (κ2) is 4.93. The van der Waals surface area contributed by atoms with Gasteiger partial charge in [0.15, 0.2) is 0 Å². The quantitative estimate of drug-likeness (QED) is 0.816. The number of rotatable bonds is 3. The van der Waals surface area contributed by atoms with Crippen LogP contribution in [0.2, 0.25) is 0 Å². The lowest BCUT2D eigenvalue weighted by atomic mass is 10.1. The summed E-state index contributed by atoms with van der Waals surface area (Å²) in [6, 6.07) is 8.78. The average Bonchev–Trinajstić information content (AvgIpc) is 2.37. The minimum atomic E-state index is -0.771. The highest BCUT2D eigenvalue weighted by Crippen LogP contribution is 2.17. The van der Waals surface area contributed by atoms with Crippen molar-refractivity contribution in [2.45, 2.75) is 13.0 Å². The molecule has 0 aliphatic carbocycles. The van der Waals surface area contributed by atoms with Crippen LogP contribution in [0.15, 0.2) is 36.5 Å². The largest absolute Gasteiger partial charge is 0.465 e. The van der Waals surface area contributed by atoms with Crippen LogP contribution in [-0.2, 0) is 9.53 Å². The van der Waals surface area contributed by atoms with Crippen molar-refractivity contribution in [3.63, 3.8) is 0 Å². The molecule has 0 aliphatic heterocycles. The summed E-state index contributed by atoms with van der Waals surface area (Å²) in [4.78, 5) is 15.8. The SMILES string of the molecule is CCOC(=O)C(N)c1cnc2ccccc2c1. The molecule has 2 N–H and O–H groups in total. The van der Waals surface area contributed by atoms with Gasteiger partial charge in [0.2, 0.25) is 0 Å². The van der Waals surface area contributed by atoms with Crippen molar-refractivity contribution in [2.75, 3.05) is 6.61 Å². The van der Waals surface area contributed by atoms with E-state index in [1.54, 1.807) is 13.1 Å². The van der Waals surface area contributed by atoms with Crippen LogP contribution in [0.5, 0.6) is 0 Å². The van der Waals surface area contributed by atoms with E-state index in [0.717, 1.165) is 10.9 Å². The normalized spacial score (nSPS) is 12.4. The Morgan fingerprint density at radius 1 is 1.47 bits per heavy atom. The molecule has 0 radical (unpaired) electrons. The second-order valence-corrected chi connectivity index (χ2v) is 3.69. The van der Waals surface area contributed by atoms with Gasteiger partial charge >= 0.3 is 5.97 Å². The van der Waals surface area contributed by atoms with Gasteiger partial charge in [-0.15, -0.1) is 0 Å². The lowest BCUT2D eigenvalue weighted by Gasteiger charge is -2.10. The van der Waals surface area contributed by atoms with Crippen LogP contribution < -0.4 is 5.73 Å². The van der Waals surface area contributed by atoms with Gasteiger partial charge < -0.3 is 10.5 Å². The molecule has 1 heterocycles. The van der Waals surface area contributed by atoms with Crippen molar-refractivity contribution in [1.29, 1.82) is 0 Å². The van der Waals surface area contributed by atoms with Crippen LogP contribution in [-0.4, -0.2) is 17.6 Å². The number of hydrogen-bond donors (Lipinski definition) is 1. The Balaban J connectivity index is 2.32. The number of fused-ring (bicyclic) bond motifs is 1. The van der Waals surface area contributed by atoms with Gasteiger partial charge in [-0.05, 0) is 24.6 Å². The minimum absolute atomic E-state index is 0.327. The Hall–Kier alpha value is -1.94. The number of aromatic nitrogens is 1. The van der Waals surface area contributed by atoms with E-state index in [-0.39, 0.29) is 0 Å². The monoisotopic (exact) mass is 230 g/mol. The highest BCUT2D eigenvalue weighted by molar-refractivity contribution is 5.82. The third-order valence-electron chi connectivity index (χ3n) is 2.51. The number of carbonyl (C=O) groups excluding carboxylic acids is 1. The van der Waals surface area contributed by atoms with Crippen LogP contribution >= 0.6 is 0 Å². The summed E-state index contributed by atoms with van der Waals surface area (Å²) in [6.07, 6.45) is 1.62. The van der Waals surface area contributed by atoms with E-state index in [0.29, 0.717) is 12.2 Å². The first-order chi connectivity index (χ1) is 8.22. The number of hydrogen-bond acceptors (Lipinski definition) is 4. The number of pyridine rings is 1. The van der Waals surface area contributed by atoms with E-state index in [1.165, 1.54) is 0 Å². The van der Waals surface area contributed by atoms with Crippen LogP contribution in [0.25, 0.3) is 10.9 Å². The first-order valence-corrected chi connectivity index (χ1v) is 5.49. The van der Waals surface area contributed by atoms with Crippen LogP contribution in [0, 0.1) is 0 Å². The van der Waals surface area contributed by atoms with Crippen molar-refractivity contribution < 1.29 is 9.53 Å². The molecule has 2 rings (SSSR count). The molecule has 1 atom stereocenters. The van der Waals surface area contributed by atoms with Gasteiger partial charge in [-0.2, -0.15) is 0 Å². The first-order valence-electron chi connectivity index (χ1n) is 5.49. The molecule has 2 aromatic rings. The number of nitrogens with zero attached hydrogens (tertiary/aromatic N) is 1. The Morgan fingerprint density at radius 2 is 2.24 bits per heavy atom. The molecule has 17 heavy (non-hydrogen) atoms. The maximum absolute atomic E-state index is 11.5. The second-order valence-electron chi connectivity index (χ2n) is 3.69. The van der Waals surface area contributed by atoms with Gasteiger partial charge in [-0.1, -0.05) is 18.2 Å². The molecule has 1 aromatic carbocycles. The van der Waals surface area contributed by atoms with E-state index in [9.17, 15) is 4.79 Å². The summed E-state index contributed by atoms with van der Waals surface area (Å²) in [5, 5.41) is 0.963. The summed E-state index contributed by atoms with van der Waals surface area (Å²) < 4.78 is 4.88. The van der Waals surface area contributed by atoms with Crippen molar-refractivity contribution in [2.24, 2.45) is 5.73 Å². The molecule has 1 unspecified atom stereocenters. The van der Waals surface area contributed by atoms with Gasteiger partial charge in [0, 0.05) is 11.6 Å². The zero-order valence-corrected chi connectivity index (χ0v) is 9.59. The van der Waals surface area contributed by atoms with Crippen molar-refractivity contribution in [3.8, 4) is 0 Å². The van der Waals surface area contributed by atoms with Crippen molar-refractivity contribution in [1.82, 2.24) is 4.98 Å². The maximum atomic E-state index is 11.5. The number of ether oxygens (including phenoxy) is 1. The Morgan fingerprint density at radius 3 is 3.00 bits per heavy atom. The average molecular weight is 230 g/mol. The summed E-state index contributed by atoms with van der Waals surface area (Å²) >= 11 is 0. The fourth-order valence-corrected chi connectivity index (χ4v) is 1.63. The Labute approximate surface area is 99.4 Å². The van der Waals surface area contributed by atoms with Crippen molar-refractivity contribution in [3.05, 3.63) is 42.1 Å². The molecule has 88 valence electrons. The molecule has 1 aromatic heterocycles. The summed E-state index contributed by atoms with van der Waals surface area (Å²) in [6.45, 7) is 2.08. The molecule has 0 bridgehead atoms. The fraction of sp³-hybridized carbons (Fsp3) is 0.231. The molecule has 0 fully saturated rings. The molecule has 4 nitrogen and oxygen atoms in total. The lowest BCUT2D eigenvalue weighted by molar-refractivity contribution is -0.144. The van der Waals surface area contributed by atoms with E-state index in [1.807, 2.05) is 30.3 Å². The maximum Gasteiger partial charge on any atom is 0.327 e. The molecular formula is C13H14N2O2. The topological polar surface area (TPSA) is 65.2 Å². The number of para-hydroxylation sites is 1.